The summed E-state index contributed by atoms with van der Waals surface area (Å²) in [6.07, 6.45) is -0.686. The molecule has 0 spiro atoms. The van der Waals surface area contributed by atoms with Crippen LogP contribution in [0.25, 0.3) is 0 Å². The number of nitrogens with one attached hydrogen (secondary N) is 1. The smallest absolute Gasteiger partial charge is 0.345 e. The number of fused-ring (bicyclic) bond motifs is 1. The molecular formula is C33H39ClN2O4. The van der Waals surface area contributed by atoms with Crippen LogP contribution in [0.2, 0.25) is 5.02 Å². The van der Waals surface area contributed by atoms with Gasteiger partial charge in [-0.2, -0.15) is 0 Å². The van der Waals surface area contributed by atoms with Gasteiger partial charge in [0.05, 0.1) is 0 Å². The molecule has 7 heteroatoms. The van der Waals surface area contributed by atoms with E-state index in [9.17, 15) is 9.90 Å². The van der Waals surface area contributed by atoms with E-state index in [1.54, 1.807) is 0 Å². The first-order valence-electron chi connectivity index (χ1n) is 14.1. The van der Waals surface area contributed by atoms with Gasteiger partial charge in [0.1, 0.15) is 18.1 Å². The molecule has 0 bridgehead atoms. The van der Waals surface area contributed by atoms with E-state index in [0.717, 1.165) is 54.4 Å². The molecule has 3 aromatic carbocycles. The standard InChI is InChI=1S/C33H39ClN2O4/c1-33(2,3)24-8-14-27(15-9-24)40-30(32(37)38)18-22-6-12-26(13-7-22)39-17-16-35-31-28-20-36(21-29(28)31)19-23-4-10-25(34)11-5-23/h4-15,28-31,35H,16-21H2,1-3H3,(H,37,38)/t28?,29?,30-,31?/m0/s1. The van der Waals surface area contributed by atoms with Crippen molar-refractivity contribution in [1.82, 2.24) is 10.2 Å². The molecular weight excluding hydrogens is 524 g/mol. The molecule has 0 radical (unpaired) electrons. The van der Waals surface area contributed by atoms with Crippen LogP contribution in [0.5, 0.6) is 11.5 Å². The van der Waals surface area contributed by atoms with Crippen molar-refractivity contribution in [3.63, 3.8) is 0 Å². The highest BCUT2D eigenvalue weighted by molar-refractivity contribution is 6.30. The molecule has 2 fully saturated rings. The number of ether oxygens (including phenoxy) is 2. The van der Waals surface area contributed by atoms with Crippen molar-refractivity contribution in [2.24, 2.45) is 11.8 Å². The maximum atomic E-state index is 11.9. The SMILES string of the molecule is CC(C)(C)c1ccc(O[C@@H](Cc2ccc(OCCNC3C4CN(Cc5ccc(Cl)cc5)CC43)cc2)C(=O)O)cc1. The third kappa shape index (κ3) is 7.36. The molecule has 1 aliphatic heterocycles. The average molecular weight is 563 g/mol. The van der Waals surface area contributed by atoms with Crippen LogP contribution in [-0.4, -0.2) is 54.4 Å². The predicted octanol–water partition coefficient (Wildman–Crippen LogP) is 5.81. The second-order valence-electron chi connectivity index (χ2n) is 12.0. The molecule has 3 aromatic rings. The number of hydrogen-bond donors (Lipinski definition) is 2. The number of piperidine rings is 1. The van der Waals surface area contributed by atoms with Gasteiger partial charge < -0.3 is 19.9 Å². The molecule has 6 nitrogen and oxygen atoms in total. The molecule has 5 rings (SSSR count). The highest BCUT2D eigenvalue weighted by Gasteiger charge is 2.55. The molecule has 40 heavy (non-hydrogen) atoms. The van der Waals surface area contributed by atoms with Gasteiger partial charge in [-0.1, -0.05) is 68.8 Å². The highest BCUT2D eigenvalue weighted by Crippen LogP contribution is 2.45. The van der Waals surface area contributed by atoms with Crippen molar-refractivity contribution in [3.05, 3.63) is 94.5 Å². The first-order valence-corrected chi connectivity index (χ1v) is 14.5. The molecule has 3 atom stereocenters. The number of carboxylic acid groups (broad SMARTS) is 1. The zero-order chi connectivity index (χ0) is 28.3. The molecule has 0 amide bonds. The molecule has 212 valence electrons. The maximum Gasteiger partial charge on any atom is 0.345 e. The van der Waals surface area contributed by atoms with E-state index >= 15 is 0 Å². The van der Waals surface area contributed by atoms with E-state index in [0.29, 0.717) is 18.4 Å². The molecule has 1 saturated carbocycles. The Morgan fingerprint density at radius 2 is 1.55 bits per heavy atom. The number of benzene rings is 3. The van der Waals surface area contributed by atoms with Crippen molar-refractivity contribution in [2.45, 2.75) is 51.3 Å². The van der Waals surface area contributed by atoms with Gasteiger partial charge in [-0.15, -0.1) is 0 Å². The molecule has 0 aromatic heterocycles. The summed E-state index contributed by atoms with van der Waals surface area (Å²) >= 11 is 5.99. The number of hydrogen-bond acceptors (Lipinski definition) is 5. The zero-order valence-electron chi connectivity index (χ0n) is 23.5. The van der Waals surface area contributed by atoms with Crippen LogP contribution >= 0.6 is 11.6 Å². The summed E-state index contributed by atoms with van der Waals surface area (Å²) in [5.74, 6) is 1.81. The molecule has 2 aliphatic rings. The van der Waals surface area contributed by atoms with Gasteiger partial charge in [-0.3, -0.25) is 4.90 Å². The van der Waals surface area contributed by atoms with Gasteiger partial charge in [0.15, 0.2) is 6.10 Å². The zero-order valence-corrected chi connectivity index (χ0v) is 24.2. The minimum absolute atomic E-state index is 0.0302. The van der Waals surface area contributed by atoms with Crippen LogP contribution in [0.3, 0.4) is 0 Å². The molecule has 1 heterocycles. The number of likely N-dealkylation sites (tertiary alicyclic amines) is 1. The van der Waals surface area contributed by atoms with Gasteiger partial charge in [-0.05, 0) is 70.3 Å². The molecule has 1 saturated heterocycles. The minimum atomic E-state index is -0.982. The van der Waals surface area contributed by atoms with E-state index in [4.69, 9.17) is 21.1 Å². The Balaban J connectivity index is 1.01. The van der Waals surface area contributed by atoms with Crippen LogP contribution in [0.4, 0.5) is 0 Å². The van der Waals surface area contributed by atoms with Gasteiger partial charge in [0.2, 0.25) is 0 Å². The summed E-state index contributed by atoms with van der Waals surface area (Å²) < 4.78 is 11.7. The van der Waals surface area contributed by atoms with Gasteiger partial charge >= 0.3 is 5.97 Å². The maximum absolute atomic E-state index is 11.9. The molecule has 2 N–H and O–H groups in total. The highest BCUT2D eigenvalue weighted by atomic mass is 35.5. The summed E-state index contributed by atoms with van der Waals surface area (Å²) in [5, 5.41) is 14.2. The van der Waals surface area contributed by atoms with Crippen LogP contribution in [0.1, 0.15) is 37.5 Å². The third-order valence-electron chi connectivity index (χ3n) is 7.96. The normalized spacial score (nSPS) is 21.1. The fraction of sp³-hybridized carbons (Fsp3) is 0.424. The lowest BCUT2D eigenvalue weighted by Crippen LogP contribution is -2.33. The van der Waals surface area contributed by atoms with Crippen LogP contribution in [0.15, 0.2) is 72.8 Å². The Morgan fingerprint density at radius 1 is 0.950 bits per heavy atom. The Bertz CT molecular complexity index is 1260. The Labute approximate surface area is 242 Å². The van der Waals surface area contributed by atoms with Crippen LogP contribution in [0, 0.1) is 11.8 Å². The number of aliphatic carboxylic acids is 1. The van der Waals surface area contributed by atoms with Crippen molar-refractivity contribution >= 4 is 17.6 Å². The lowest BCUT2D eigenvalue weighted by molar-refractivity contribution is -0.145. The van der Waals surface area contributed by atoms with Crippen molar-refractivity contribution in [2.75, 3.05) is 26.2 Å². The first-order chi connectivity index (χ1) is 19.2. The lowest BCUT2D eigenvalue weighted by Gasteiger charge is -2.20. The van der Waals surface area contributed by atoms with Gasteiger partial charge in [-0.25, -0.2) is 4.79 Å². The van der Waals surface area contributed by atoms with E-state index in [-0.39, 0.29) is 11.8 Å². The first kappa shape index (κ1) is 28.5. The van der Waals surface area contributed by atoms with Crippen molar-refractivity contribution in [1.29, 1.82) is 0 Å². The Kier molecular flexibility index (Phi) is 8.69. The number of halogens is 1. The van der Waals surface area contributed by atoms with Gasteiger partial charge in [0, 0.05) is 43.7 Å². The number of rotatable bonds is 12. The fourth-order valence-electron chi connectivity index (χ4n) is 5.60. The number of carboxylic acids is 1. The second kappa shape index (κ2) is 12.2. The number of nitrogens with zero attached hydrogens (tertiary/aromatic N) is 1. The monoisotopic (exact) mass is 562 g/mol. The summed E-state index contributed by atoms with van der Waals surface area (Å²) in [5.41, 5.74) is 3.40. The largest absolute Gasteiger partial charge is 0.492 e. The number of carbonyl (C=O) groups is 1. The van der Waals surface area contributed by atoms with Crippen LogP contribution < -0.4 is 14.8 Å². The van der Waals surface area contributed by atoms with E-state index in [1.807, 2.05) is 60.7 Å². The molecule has 1 aliphatic carbocycles. The predicted molar refractivity (Wildman–Crippen MR) is 158 cm³/mol. The Hall–Kier alpha value is -3.06. The van der Waals surface area contributed by atoms with Crippen molar-refractivity contribution < 1.29 is 19.4 Å². The summed E-state index contributed by atoms with van der Waals surface area (Å²) in [7, 11) is 0. The quantitative estimate of drug-likeness (QED) is 0.271. The third-order valence-corrected chi connectivity index (χ3v) is 8.21. The topological polar surface area (TPSA) is 71.0 Å². The fourth-order valence-corrected chi connectivity index (χ4v) is 5.73. The van der Waals surface area contributed by atoms with Gasteiger partial charge in [0.25, 0.3) is 0 Å². The van der Waals surface area contributed by atoms with E-state index in [1.165, 1.54) is 11.1 Å². The van der Waals surface area contributed by atoms with E-state index in [2.05, 4.69) is 43.1 Å². The second-order valence-corrected chi connectivity index (χ2v) is 12.5. The summed E-state index contributed by atoms with van der Waals surface area (Å²) in [6, 6.07) is 24.0. The Morgan fingerprint density at radius 3 is 2.15 bits per heavy atom. The average Bonchev–Trinajstić information content (AvgIpc) is 3.37. The molecule has 2 unspecified atom stereocenters. The lowest BCUT2D eigenvalue weighted by atomic mass is 9.87. The minimum Gasteiger partial charge on any atom is -0.492 e. The summed E-state index contributed by atoms with van der Waals surface area (Å²) in [4.78, 5) is 14.4. The van der Waals surface area contributed by atoms with Crippen LogP contribution in [-0.2, 0) is 23.2 Å². The summed E-state index contributed by atoms with van der Waals surface area (Å²) in [6.45, 7) is 11.1. The van der Waals surface area contributed by atoms with Crippen molar-refractivity contribution in [3.8, 4) is 11.5 Å². The van der Waals surface area contributed by atoms with E-state index < -0.39 is 12.1 Å².